The first kappa shape index (κ1) is 23.7. The molecule has 0 aromatic heterocycles. The SMILES string of the molecule is COc1ccc(CNC(=NCc2cccc(C)c2)NCC(=O)N(C)C)cc1.I. The van der Waals surface area contributed by atoms with E-state index >= 15 is 0 Å². The molecule has 0 heterocycles. The zero-order valence-electron chi connectivity index (χ0n) is 16.9. The molecule has 0 saturated carbocycles. The number of aryl methyl sites for hydroxylation is 1. The summed E-state index contributed by atoms with van der Waals surface area (Å²) in [5.41, 5.74) is 3.42. The number of carbonyl (C=O) groups excluding carboxylic acids is 1. The highest BCUT2D eigenvalue weighted by Gasteiger charge is 2.06. The van der Waals surface area contributed by atoms with E-state index in [1.807, 2.05) is 36.4 Å². The number of aliphatic imine (C=N–C) groups is 1. The van der Waals surface area contributed by atoms with Crippen LogP contribution in [0.3, 0.4) is 0 Å². The first-order chi connectivity index (χ1) is 13.0. The Bertz CT molecular complexity index is 776. The van der Waals surface area contributed by atoms with Crippen LogP contribution >= 0.6 is 24.0 Å². The van der Waals surface area contributed by atoms with Crippen molar-refractivity contribution < 1.29 is 9.53 Å². The number of carbonyl (C=O) groups is 1. The standard InChI is InChI=1S/C21H28N4O2.HI/c1-16-6-5-7-18(12-16)14-23-21(24-15-20(26)25(2)3)22-13-17-8-10-19(27-4)11-9-17;/h5-12H,13-15H2,1-4H3,(H2,22,23,24);1H. The van der Waals surface area contributed by atoms with Crippen LogP contribution < -0.4 is 15.4 Å². The number of benzene rings is 2. The molecule has 2 aromatic carbocycles. The van der Waals surface area contributed by atoms with Crippen molar-refractivity contribution in [3.05, 3.63) is 65.2 Å². The van der Waals surface area contributed by atoms with Crippen molar-refractivity contribution in [2.45, 2.75) is 20.0 Å². The number of nitrogens with one attached hydrogen (secondary N) is 2. The van der Waals surface area contributed by atoms with E-state index in [0.717, 1.165) is 16.9 Å². The summed E-state index contributed by atoms with van der Waals surface area (Å²) in [6, 6.07) is 16.1. The van der Waals surface area contributed by atoms with Gasteiger partial charge in [0.2, 0.25) is 5.91 Å². The molecule has 152 valence electrons. The minimum absolute atomic E-state index is 0. The number of ether oxygens (including phenoxy) is 1. The van der Waals surface area contributed by atoms with Gasteiger partial charge in [-0.25, -0.2) is 4.99 Å². The number of hydrogen-bond donors (Lipinski definition) is 2. The Labute approximate surface area is 184 Å². The third-order valence-corrected chi connectivity index (χ3v) is 4.03. The number of likely N-dealkylation sites (N-methyl/N-ethyl adjacent to an activating group) is 1. The van der Waals surface area contributed by atoms with E-state index in [2.05, 4.69) is 34.7 Å². The monoisotopic (exact) mass is 496 g/mol. The number of hydrogen-bond acceptors (Lipinski definition) is 3. The van der Waals surface area contributed by atoms with Gasteiger partial charge < -0.3 is 20.3 Å². The van der Waals surface area contributed by atoms with Crippen molar-refractivity contribution in [1.82, 2.24) is 15.5 Å². The van der Waals surface area contributed by atoms with Crippen LogP contribution in [0.4, 0.5) is 0 Å². The summed E-state index contributed by atoms with van der Waals surface area (Å²) in [5.74, 6) is 1.41. The summed E-state index contributed by atoms with van der Waals surface area (Å²) in [6.07, 6.45) is 0. The van der Waals surface area contributed by atoms with E-state index in [9.17, 15) is 4.79 Å². The molecular formula is C21H29IN4O2. The number of methoxy groups -OCH3 is 1. The molecule has 0 bridgehead atoms. The van der Waals surface area contributed by atoms with Crippen LogP contribution in [0.2, 0.25) is 0 Å². The highest BCUT2D eigenvalue weighted by Crippen LogP contribution is 2.11. The van der Waals surface area contributed by atoms with Crippen LogP contribution in [-0.4, -0.2) is 44.5 Å². The van der Waals surface area contributed by atoms with Gasteiger partial charge in [-0.05, 0) is 30.2 Å². The summed E-state index contributed by atoms with van der Waals surface area (Å²) in [5, 5.41) is 6.38. The van der Waals surface area contributed by atoms with Gasteiger partial charge in [0.15, 0.2) is 5.96 Å². The summed E-state index contributed by atoms with van der Waals surface area (Å²) >= 11 is 0. The van der Waals surface area contributed by atoms with E-state index in [1.165, 1.54) is 5.56 Å². The number of rotatable bonds is 7. The molecule has 2 N–H and O–H groups in total. The molecule has 1 amide bonds. The van der Waals surface area contributed by atoms with E-state index < -0.39 is 0 Å². The Morgan fingerprint density at radius 1 is 1.07 bits per heavy atom. The largest absolute Gasteiger partial charge is 0.497 e. The van der Waals surface area contributed by atoms with Crippen LogP contribution in [0, 0.1) is 6.92 Å². The number of guanidine groups is 1. The number of halogens is 1. The van der Waals surface area contributed by atoms with Gasteiger partial charge in [0.25, 0.3) is 0 Å². The quantitative estimate of drug-likeness (QED) is 0.352. The third kappa shape index (κ3) is 8.16. The lowest BCUT2D eigenvalue weighted by Gasteiger charge is -2.15. The van der Waals surface area contributed by atoms with Crippen LogP contribution in [0.15, 0.2) is 53.5 Å². The molecule has 0 fully saturated rings. The van der Waals surface area contributed by atoms with Crippen molar-refractivity contribution in [3.63, 3.8) is 0 Å². The topological polar surface area (TPSA) is 66.0 Å². The smallest absolute Gasteiger partial charge is 0.241 e. The molecule has 0 aliphatic carbocycles. The highest BCUT2D eigenvalue weighted by atomic mass is 127. The average molecular weight is 496 g/mol. The minimum Gasteiger partial charge on any atom is -0.497 e. The van der Waals surface area contributed by atoms with Crippen molar-refractivity contribution in [2.75, 3.05) is 27.7 Å². The van der Waals surface area contributed by atoms with Crippen molar-refractivity contribution in [2.24, 2.45) is 4.99 Å². The van der Waals surface area contributed by atoms with Crippen molar-refractivity contribution in [1.29, 1.82) is 0 Å². The summed E-state index contributed by atoms with van der Waals surface area (Å²) in [4.78, 5) is 18.0. The number of nitrogens with zero attached hydrogens (tertiary/aromatic N) is 2. The van der Waals surface area contributed by atoms with Gasteiger partial charge in [-0.15, -0.1) is 24.0 Å². The zero-order valence-corrected chi connectivity index (χ0v) is 19.2. The first-order valence-electron chi connectivity index (χ1n) is 8.88. The molecule has 0 saturated heterocycles. The van der Waals surface area contributed by atoms with Crippen LogP contribution in [0.5, 0.6) is 5.75 Å². The van der Waals surface area contributed by atoms with E-state index in [0.29, 0.717) is 19.0 Å². The minimum atomic E-state index is -0.00972. The second-order valence-electron chi connectivity index (χ2n) is 6.50. The van der Waals surface area contributed by atoms with Crippen LogP contribution in [0.25, 0.3) is 0 Å². The molecule has 0 unspecified atom stereocenters. The van der Waals surface area contributed by atoms with E-state index in [1.54, 1.807) is 26.1 Å². The van der Waals surface area contributed by atoms with Crippen molar-refractivity contribution in [3.8, 4) is 5.75 Å². The molecule has 0 radical (unpaired) electrons. The molecule has 0 atom stereocenters. The van der Waals surface area contributed by atoms with E-state index in [-0.39, 0.29) is 36.4 Å². The van der Waals surface area contributed by atoms with Gasteiger partial charge in [0.1, 0.15) is 5.75 Å². The fourth-order valence-corrected chi connectivity index (χ4v) is 2.40. The Morgan fingerprint density at radius 2 is 1.79 bits per heavy atom. The molecule has 28 heavy (non-hydrogen) atoms. The lowest BCUT2D eigenvalue weighted by molar-refractivity contribution is -0.127. The molecule has 6 nitrogen and oxygen atoms in total. The summed E-state index contributed by atoms with van der Waals surface area (Å²) in [6.45, 7) is 3.38. The lowest BCUT2D eigenvalue weighted by atomic mass is 10.1. The molecule has 7 heteroatoms. The maximum atomic E-state index is 11.9. The Balaban J connectivity index is 0.00000392. The first-order valence-corrected chi connectivity index (χ1v) is 8.88. The summed E-state index contributed by atoms with van der Waals surface area (Å²) < 4.78 is 5.18. The highest BCUT2D eigenvalue weighted by molar-refractivity contribution is 14.0. The molecule has 0 spiro atoms. The second kappa shape index (κ2) is 12.2. The van der Waals surface area contributed by atoms with Gasteiger partial charge >= 0.3 is 0 Å². The van der Waals surface area contributed by atoms with Crippen LogP contribution in [0.1, 0.15) is 16.7 Å². The lowest BCUT2D eigenvalue weighted by Crippen LogP contribution is -2.42. The van der Waals surface area contributed by atoms with E-state index in [4.69, 9.17) is 4.74 Å². The van der Waals surface area contributed by atoms with Gasteiger partial charge in [0.05, 0.1) is 20.2 Å². The Hall–Kier alpha value is -2.29. The Kier molecular flexibility index (Phi) is 10.4. The normalized spacial score (nSPS) is 10.6. The second-order valence-corrected chi connectivity index (χ2v) is 6.50. The van der Waals surface area contributed by atoms with Gasteiger partial charge in [-0.1, -0.05) is 42.0 Å². The maximum absolute atomic E-state index is 11.9. The zero-order chi connectivity index (χ0) is 19.6. The fraction of sp³-hybridized carbons (Fsp3) is 0.333. The third-order valence-electron chi connectivity index (χ3n) is 4.03. The molecular weight excluding hydrogens is 467 g/mol. The van der Waals surface area contributed by atoms with Gasteiger partial charge in [-0.3, -0.25) is 4.79 Å². The molecule has 2 aromatic rings. The number of amides is 1. The molecule has 0 aliphatic rings. The van der Waals surface area contributed by atoms with Crippen molar-refractivity contribution >= 4 is 35.8 Å². The van der Waals surface area contributed by atoms with Crippen LogP contribution in [-0.2, 0) is 17.9 Å². The fourth-order valence-electron chi connectivity index (χ4n) is 2.40. The molecule has 2 rings (SSSR count). The summed E-state index contributed by atoms with van der Waals surface area (Å²) in [7, 11) is 5.12. The molecule has 0 aliphatic heterocycles. The average Bonchev–Trinajstić information content (AvgIpc) is 2.67. The van der Waals surface area contributed by atoms with Gasteiger partial charge in [0, 0.05) is 20.6 Å². The van der Waals surface area contributed by atoms with Gasteiger partial charge in [-0.2, -0.15) is 0 Å². The Morgan fingerprint density at radius 3 is 2.39 bits per heavy atom. The predicted molar refractivity (Wildman–Crippen MR) is 124 cm³/mol. The maximum Gasteiger partial charge on any atom is 0.241 e. The predicted octanol–water partition coefficient (Wildman–Crippen LogP) is 2.95.